The summed E-state index contributed by atoms with van der Waals surface area (Å²) in [6, 6.07) is 17.2. The summed E-state index contributed by atoms with van der Waals surface area (Å²) in [5.74, 6) is 3.28. The van der Waals surface area contributed by atoms with Crippen LogP contribution in [0.15, 0.2) is 59.1 Å². The average molecular weight is 426 g/mol. The van der Waals surface area contributed by atoms with Gasteiger partial charge < -0.3 is 9.84 Å². The molecule has 3 aromatic rings. The van der Waals surface area contributed by atoms with Crippen LogP contribution in [0.1, 0.15) is 57.2 Å². The van der Waals surface area contributed by atoms with Gasteiger partial charge in [0.25, 0.3) is 5.91 Å². The first-order chi connectivity index (χ1) is 14.2. The van der Waals surface area contributed by atoms with Gasteiger partial charge in [-0.05, 0) is 29.7 Å². The highest BCUT2D eigenvalue weighted by Crippen LogP contribution is 2.45. The van der Waals surface area contributed by atoms with Crippen LogP contribution >= 0.6 is 23.5 Å². The van der Waals surface area contributed by atoms with E-state index in [0.717, 1.165) is 18.4 Å². The molecule has 1 atom stereocenters. The Morgan fingerprint density at radius 1 is 1.14 bits per heavy atom. The third kappa shape index (κ3) is 4.85. The quantitative estimate of drug-likeness (QED) is 0.573. The van der Waals surface area contributed by atoms with Gasteiger partial charge in [0.05, 0.1) is 4.58 Å². The molecule has 1 N–H and O–H groups in total. The molecule has 0 bridgehead atoms. The monoisotopic (exact) mass is 425 g/mol. The number of hydrogen-bond donors (Lipinski definition) is 1. The predicted molar refractivity (Wildman–Crippen MR) is 118 cm³/mol. The number of benzene rings is 2. The molecule has 5 nitrogen and oxygen atoms in total. The molecule has 0 saturated carbocycles. The van der Waals surface area contributed by atoms with Crippen LogP contribution in [0, 0.1) is 0 Å². The van der Waals surface area contributed by atoms with E-state index >= 15 is 0 Å². The van der Waals surface area contributed by atoms with Gasteiger partial charge >= 0.3 is 0 Å². The average Bonchev–Trinajstić information content (AvgIpc) is 3.45. The van der Waals surface area contributed by atoms with Crippen molar-refractivity contribution >= 4 is 29.4 Å². The number of nitrogens with one attached hydrogen (secondary N) is 1. The Morgan fingerprint density at radius 3 is 2.55 bits per heavy atom. The van der Waals surface area contributed by atoms with Crippen molar-refractivity contribution in [3.8, 4) is 0 Å². The first-order valence-corrected chi connectivity index (χ1v) is 11.9. The number of carbonyl (C=O) groups excluding carboxylic acids is 1. The molecule has 2 aromatic carbocycles. The second kappa shape index (κ2) is 9.50. The lowest BCUT2D eigenvalue weighted by Crippen LogP contribution is -2.30. The normalized spacial score (nSPS) is 15.3. The largest absolute Gasteiger partial charge is 0.339 e. The van der Waals surface area contributed by atoms with Crippen LogP contribution in [-0.2, 0) is 6.42 Å². The predicted octanol–water partition coefficient (Wildman–Crippen LogP) is 5.02. The van der Waals surface area contributed by atoms with Crippen molar-refractivity contribution in [2.45, 2.75) is 30.4 Å². The summed E-state index contributed by atoms with van der Waals surface area (Å²) in [5, 5.41) is 7.19. The maximum atomic E-state index is 13.0. The van der Waals surface area contributed by atoms with E-state index in [1.807, 2.05) is 66.0 Å². The lowest BCUT2D eigenvalue weighted by atomic mass is 10.1. The highest BCUT2D eigenvalue weighted by atomic mass is 32.2. The fraction of sp³-hybridized carbons (Fsp3) is 0.318. The molecule has 7 heteroatoms. The van der Waals surface area contributed by atoms with Crippen molar-refractivity contribution in [3.63, 3.8) is 0 Å². The Labute approximate surface area is 179 Å². The Bertz CT molecular complexity index is 938. The van der Waals surface area contributed by atoms with Crippen LogP contribution in [-0.4, -0.2) is 27.6 Å². The van der Waals surface area contributed by atoms with Crippen LogP contribution in [0.4, 0.5) is 0 Å². The molecule has 0 radical (unpaired) electrons. The zero-order valence-corrected chi connectivity index (χ0v) is 17.8. The van der Waals surface area contributed by atoms with Crippen LogP contribution in [0.3, 0.4) is 0 Å². The molecule has 1 fully saturated rings. The lowest BCUT2D eigenvalue weighted by molar-refractivity contribution is 0.0941. The number of rotatable bonds is 7. The SMILES string of the molecule is CCCc1nc([C@@H](NC(=O)c2ccc(C3SCCS3)cc2)c2ccccc2)no1. The van der Waals surface area contributed by atoms with E-state index in [2.05, 4.69) is 34.5 Å². The lowest BCUT2D eigenvalue weighted by Gasteiger charge is -2.16. The van der Waals surface area contributed by atoms with E-state index in [1.165, 1.54) is 17.1 Å². The summed E-state index contributed by atoms with van der Waals surface area (Å²) >= 11 is 3.91. The molecule has 1 saturated heterocycles. The molecule has 1 aliphatic rings. The standard InChI is InChI=1S/C22H23N3O2S2/c1-2-6-18-23-20(25-27-18)19(15-7-4-3-5-8-15)24-21(26)16-9-11-17(12-10-16)22-28-13-14-29-22/h3-5,7-12,19,22H,2,6,13-14H2,1H3,(H,24,26)/t19-/m0/s1. The summed E-state index contributed by atoms with van der Waals surface area (Å²) in [5.41, 5.74) is 2.80. The number of amides is 1. The maximum absolute atomic E-state index is 13.0. The van der Waals surface area contributed by atoms with Crippen molar-refractivity contribution in [3.05, 3.63) is 83.0 Å². The number of hydrogen-bond acceptors (Lipinski definition) is 6. The Hall–Kier alpha value is -2.25. The molecule has 0 aliphatic carbocycles. The minimum Gasteiger partial charge on any atom is -0.339 e. The zero-order valence-electron chi connectivity index (χ0n) is 16.2. The number of aryl methyl sites for hydroxylation is 1. The molecule has 29 heavy (non-hydrogen) atoms. The van der Waals surface area contributed by atoms with Crippen LogP contribution in [0.2, 0.25) is 0 Å². The van der Waals surface area contributed by atoms with Crippen molar-refractivity contribution in [2.24, 2.45) is 0 Å². The van der Waals surface area contributed by atoms with Gasteiger partial charge in [0, 0.05) is 23.5 Å². The van der Waals surface area contributed by atoms with E-state index in [4.69, 9.17) is 4.52 Å². The van der Waals surface area contributed by atoms with Gasteiger partial charge in [-0.1, -0.05) is 54.5 Å². The van der Waals surface area contributed by atoms with Crippen molar-refractivity contribution in [1.29, 1.82) is 0 Å². The molecule has 0 unspecified atom stereocenters. The second-order valence-electron chi connectivity index (χ2n) is 6.81. The summed E-state index contributed by atoms with van der Waals surface area (Å²) in [7, 11) is 0. The van der Waals surface area contributed by atoms with E-state index in [-0.39, 0.29) is 5.91 Å². The number of nitrogens with zero attached hydrogens (tertiary/aromatic N) is 2. The molecular formula is C22H23N3O2S2. The Morgan fingerprint density at radius 2 is 1.86 bits per heavy atom. The van der Waals surface area contributed by atoms with Crippen LogP contribution < -0.4 is 5.32 Å². The van der Waals surface area contributed by atoms with Gasteiger partial charge in [-0.15, -0.1) is 23.5 Å². The van der Waals surface area contributed by atoms with Crippen LogP contribution in [0.5, 0.6) is 0 Å². The fourth-order valence-corrected chi connectivity index (χ4v) is 6.06. The fourth-order valence-electron chi connectivity index (χ4n) is 3.20. The number of carbonyl (C=O) groups is 1. The highest BCUT2D eigenvalue weighted by Gasteiger charge is 2.24. The van der Waals surface area contributed by atoms with Crippen molar-refractivity contribution < 1.29 is 9.32 Å². The van der Waals surface area contributed by atoms with Crippen molar-refractivity contribution in [1.82, 2.24) is 15.5 Å². The number of aromatic nitrogens is 2. The van der Waals surface area contributed by atoms with E-state index in [1.54, 1.807) is 0 Å². The molecular weight excluding hydrogens is 402 g/mol. The van der Waals surface area contributed by atoms with Gasteiger partial charge in [-0.25, -0.2) is 0 Å². The molecule has 4 rings (SSSR count). The summed E-state index contributed by atoms with van der Waals surface area (Å²) in [4.78, 5) is 17.5. The maximum Gasteiger partial charge on any atom is 0.252 e. The Balaban J connectivity index is 1.54. The van der Waals surface area contributed by atoms with Gasteiger partial charge in [0.2, 0.25) is 5.89 Å². The summed E-state index contributed by atoms with van der Waals surface area (Å²) in [6.07, 6.45) is 1.65. The molecule has 1 amide bonds. The first kappa shape index (κ1) is 20.0. The van der Waals surface area contributed by atoms with Gasteiger partial charge in [-0.2, -0.15) is 4.98 Å². The third-order valence-corrected chi connectivity index (χ3v) is 7.79. The van der Waals surface area contributed by atoms with Crippen molar-refractivity contribution in [2.75, 3.05) is 11.5 Å². The zero-order chi connectivity index (χ0) is 20.1. The van der Waals surface area contributed by atoms with E-state index in [9.17, 15) is 4.79 Å². The summed E-state index contributed by atoms with van der Waals surface area (Å²) < 4.78 is 5.82. The summed E-state index contributed by atoms with van der Waals surface area (Å²) in [6.45, 7) is 2.06. The topological polar surface area (TPSA) is 68.0 Å². The van der Waals surface area contributed by atoms with Gasteiger partial charge in [0.1, 0.15) is 6.04 Å². The third-order valence-electron chi connectivity index (χ3n) is 4.68. The highest BCUT2D eigenvalue weighted by molar-refractivity contribution is 8.19. The molecule has 150 valence electrons. The van der Waals surface area contributed by atoms with Gasteiger partial charge in [0.15, 0.2) is 5.82 Å². The first-order valence-electron chi connectivity index (χ1n) is 9.76. The number of thioether (sulfide) groups is 2. The minimum absolute atomic E-state index is 0.154. The molecule has 0 spiro atoms. The van der Waals surface area contributed by atoms with E-state index < -0.39 is 6.04 Å². The van der Waals surface area contributed by atoms with Gasteiger partial charge in [-0.3, -0.25) is 4.79 Å². The second-order valence-corrected chi connectivity index (χ2v) is 9.53. The molecule has 1 aromatic heterocycles. The molecule has 1 aliphatic heterocycles. The minimum atomic E-state index is -0.460. The smallest absolute Gasteiger partial charge is 0.252 e. The Kier molecular flexibility index (Phi) is 6.56. The molecule has 2 heterocycles. The van der Waals surface area contributed by atoms with Crippen LogP contribution in [0.25, 0.3) is 0 Å². The van der Waals surface area contributed by atoms with E-state index in [0.29, 0.717) is 21.9 Å².